The molecule has 134 valence electrons. The molecule has 0 aliphatic carbocycles. The molecule has 2 aliphatic heterocycles. The Bertz CT molecular complexity index is 680. The van der Waals surface area contributed by atoms with E-state index in [1.807, 2.05) is 4.90 Å². The highest BCUT2D eigenvalue weighted by molar-refractivity contribution is 7.91. The second-order valence-electron chi connectivity index (χ2n) is 6.55. The second-order valence-corrected chi connectivity index (χ2v) is 9.88. The zero-order chi connectivity index (χ0) is 17.2. The largest absolute Gasteiger partial charge is 0.341 e. The molecule has 3 rings (SSSR count). The van der Waals surface area contributed by atoms with Crippen LogP contribution in [0.2, 0.25) is 0 Å². The summed E-state index contributed by atoms with van der Waals surface area (Å²) in [5.41, 5.74) is 0. The van der Waals surface area contributed by atoms with Gasteiger partial charge in [0.15, 0.2) is 0 Å². The van der Waals surface area contributed by atoms with E-state index in [-0.39, 0.29) is 5.91 Å². The van der Waals surface area contributed by atoms with Crippen LogP contribution in [0.1, 0.15) is 24.1 Å². The summed E-state index contributed by atoms with van der Waals surface area (Å²) in [5.74, 6) is 0.0947. The summed E-state index contributed by atoms with van der Waals surface area (Å²) >= 11 is 1.24. The third-order valence-corrected chi connectivity index (χ3v) is 8.15. The van der Waals surface area contributed by atoms with Crippen molar-refractivity contribution in [2.24, 2.45) is 0 Å². The molecule has 2 saturated heterocycles. The summed E-state index contributed by atoms with van der Waals surface area (Å²) in [4.78, 5) is 17.5. The van der Waals surface area contributed by atoms with E-state index in [1.54, 1.807) is 16.4 Å². The SMILES string of the molecule is CN1CCCN(C(=O)Cc2ccc(S(=O)(=O)N3CCCC3)s2)CC1. The monoisotopic (exact) mass is 371 g/mol. The molecule has 24 heavy (non-hydrogen) atoms. The van der Waals surface area contributed by atoms with Gasteiger partial charge in [0.05, 0.1) is 6.42 Å². The summed E-state index contributed by atoms with van der Waals surface area (Å²) < 4.78 is 27.0. The van der Waals surface area contributed by atoms with Crippen molar-refractivity contribution >= 4 is 27.3 Å². The van der Waals surface area contributed by atoms with E-state index in [0.717, 1.165) is 50.3 Å². The van der Waals surface area contributed by atoms with Crippen LogP contribution in [0, 0.1) is 0 Å². The average Bonchev–Trinajstić information content (AvgIpc) is 3.18. The van der Waals surface area contributed by atoms with Crippen LogP contribution in [-0.4, -0.2) is 74.7 Å². The molecule has 0 bridgehead atoms. The Morgan fingerprint density at radius 1 is 1.04 bits per heavy atom. The minimum Gasteiger partial charge on any atom is -0.341 e. The van der Waals surface area contributed by atoms with Crippen molar-refractivity contribution in [1.29, 1.82) is 0 Å². The first kappa shape index (κ1) is 17.8. The molecule has 0 unspecified atom stereocenters. The Balaban J connectivity index is 1.64. The minimum atomic E-state index is -3.37. The molecule has 0 N–H and O–H groups in total. The van der Waals surface area contributed by atoms with Crippen LogP contribution in [-0.2, 0) is 21.2 Å². The Kier molecular flexibility index (Phi) is 5.59. The number of carbonyl (C=O) groups excluding carboxylic acids is 1. The van der Waals surface area contributed by atoms with Crippen molar-refractivity contribution in [1.82, 2.24) is 14.1 Å². The molecule has 1 amide bonds. The van der Waals surface area contributed by atoms with Crippen molar-refractivity contribution in [2.45, 2.75) is 29.9 Å². The summed E-state index contributed by atoms with van der Waals surface area (Å²) in [6, 6.07) is 3.44. The average molecular weight is 372 g/mol. The molecular formula is C16H25N3O3S2. The summed E-state index contributed by atoms with van der Waals surface area (Å²) in [7, 11) is -1.30. The number of hydrogen-bond acceptors (Lipinski definition) is 5. The normalized spacial score (nSPS) is 21.1. The van der Waals surface area contributed by atoms with Crippen molar-refractivity contribution in [2.75, 3.05) is 46.3 Å². The second kappa shape index (κ2) is 7.51. The van der Waals surface area contributed by atoms with Gasteiger partial charge < -0.3 is 9.80 Å². The van der Waals surface area contributed by atoms with Gasteiger partial charge in [0.2, 0.25) is 5.91 Å². The van der Waals surface area contributed by atoms with Gasteiger partial charge in [-0.05, 0) is 45.0 Å². The van der Waals surface area contributed by atoms with Crippen molar-refractivity contribution in [3.63, 3.8) is 0 Å². The topological polar surface area (TPSA) is 60.9 Å². The maximum atomic E-state index is 12.6. The number of hydrogen-bond donors (Lipinski definition) is 0. The van der Waals surface area contributed by atoms with Crippen LogP contribution < -0.4 is 0 Å². The molecule has 0 atom stereocenters. The number of thiophene rings is 1. The highest BCUT2D eigenvalue weighted by Gasteiger charge is 2.29. The molecule has 0 radical (unpaired) electrons. The molecule has 2 fully saturated rings. The van der Waals surface area contributed by atoms with E-state index in [9.17, 15) is 13.2 Å². The number of carbonyl (C=O) groups is 1. The van der Waals surface area contributed by atoms with E-state index in [4.69, 9.17) is 0 Å². The maximum Gasteiger partial charge on any atom is 0.252 e. The number of sulfonamides is 1. The van der Waals surface area contributed by atoms with E-state index < -0.39 is 10.0 Å². The van der Waals surface area contributed by atoms with Gasteiger partial charge in [-0.3, -0.25) is 4.79 Å². The molecule has 1 aromatic rings. The highest BCUT2D eigenvalue weighted by Crippen LogP contribution is 2.27. The van der Waals surface area contributed by atoms with Gasteiger partial charge in [-0.2, -0.15) is 4.31 Å². The Hall–Kier alpha value is -0.960. The standard InChI is InChI=1S/C16H25N3O3S2/c1-17-7-4-8-18(12-11-17)15(20)13-14-5-6-16(23-14)24(21,22)19-9-2-3-10-19/h5-6H,2-4,7-13H2,1H3. The van der Waals surface area contributed by atoms with Gasteiger partial charge in [-0.25, -0.2) is 8.42 Å². The Labute approximate surface area is 148 Å². The van der Waals surface area contributed by atoms with E-state index in [1.165, 1.54) is 11.3 Å². The number of rotatable bonds is 4. The molecule has 0 aromatic carbocycles. The summed E-state index contributed by atoms with van der Waals surface area (Å²) in [6.45, 7) is 4.66. The first-order valence-electron chi connectivity index (χ1n) is 8.52. The smallest absolute Gasteiger partial charge is 0.252 e. The maximum absolute atomic E-state index is 12.6. The molecule has 0 saturated carbocycles. The highest BCUT2D eigenvalue weighted by atomic mass is 32.2. The first-order chi connectivity index (χ1) is 11.5. The Morgan fingerprint density at radius 3 is 2.54 bits per heavy atom. The molecule has 6 nitrogen and oxygen atoms in total. The zero-order valence-electron chi connectivity index (χ0n) is 14.1. The summed E-state index contributed by atoms with van der Waals surface area (Å²) in [5, 5.41) is 0. The van der Waals surface area contributed by atoms with E-state index in [2.05, 4.69) is 11.9 Å². The molecular weight excluding hydrogens is 346 g/mol. The first-order valence-corrected chi connectivity index (χ1v) is 10.8. The minimum absolute atomic E-state index is 0.0947. The lowest BCUT2D eigenvalue weighted by atomic mass is 10.3. The van der Waals surface area contributed by atoms with Crippen LogP contribution in [0.25, 0.3) is 0 Å². The van der Waals surface area contributed by atoms with E-state index in [0.29, 0.717) is 23.7 Å². The van der Waals surface area contributed by atoms with Gasteiger partial charge in [0.1, 0.15) is 4.21 Å². The van der Waals surface area contributed by atoms with Gasteiger partial charge in [0, 0.05) is 37.6 Å². The van der Waals surface area contributed by atoms with Crippen LogP contribution in [0.5, 0.6) is 0 Å². The van der Waals surface area contributed by atoms with Crippen molar-refractivity contribution in [3.05, 3.63) is 17.0 Å². The Morgan fingerprint density at radius 2 is 1.79 bits per heavy atom. The lowest BCUT2D eigenvalue weighted by Gasteiger charge is -2.20. The fraction of sp³-hybridized carbons (Fsp3) is 0.688. The van der Waals surface area contributed by atoms with Crippen molar-refractivity contribution < 1.29 is 13.2 Å². The molecule has 8 heteroatoms. The fourth-order valence-electron chi connectivity index (χ4n) is 3.20. The number of likely N-dealkylation sites (N-methyl/N-ethyl adjacent to an activating group) is 1. The predicted molar refractivity (Wildman–Crippen MR) is 94.7 cm³/mol. The van der Waals surface area contributed by atoms with Crippen LogP contribution in [0.3, 0.4) is 0 Å². The predicted octanol–water partition coefficient (Wildman–Crippen LogP) is 1.24. The van der Waals surface area contributed by atoms with Crippen LogP contribution in [0.15, 0.2) is 16.3 Å². The molecule has 1 aromatic heterocycles. The lowest BCUT2D eigenvalue weighted by Crippen LogP contribution is -2.35. The molecule has 3 heterocycles. The van der Waals surface area contributed by atoms with Gasteiger partial charge in [-0.1, -0.05) is 0 Å². The quantitative estimate of drug-likeness (QED) is 0.799. The van der Waals surface area contributed by atoms with Crippen LogP contribution >= 0.6 is 11.3 Å². The molecule has 2 aliphatic rings. The number of amides is 1. The fourth-order valence-corrected chi connectivity index (χ4v) is 6.22. The van der Waals surface area contributed by atoms with E-state index >= 15 is 0 Å². The van der Waals surface area contributed by atoms with Gasteiger partial charge >= 0.3 is 0 Å². The molecule has 0 spiro atoms. The van der Waals surface area contributed by atoms with Gasteiger partial charge in [-0.15, -0.1) is 11.3 Å². The third kappa shape index (κ3) is 3.99. The van der Waals surface area contributed by atoms with Gasteiger partial charge in [0.25, 0.3) is 10.0 Å². The third-order valence-electron chi connectivity index (χ3n) is 4.69. The van der Waals surface area contributed by atoms with Crippen LogP contribution in [0.4, 0.5) is 0 Å². The zero-order valence-corrected chi connectivity index (χ0v) is 15.7. The summed E-state index contributed by atoms with van der Waals surface area (Å²) in [6.07, 6.45) is 3.14. The lowest BCUT2D eigenvalue weighted by molar-refractivity contribution is -0.130. The number of nitrogens with zero attached hydrogens (tertiary/aromatic N) is 3. The van der Waals surface area contributed by atoms with Crippen molar-refractivity contribution in [3.8, 4) is 0 Å².